The first-order valence-electron chi connectivity index (χ1n) is 8.25. The third kappa shape index (κ3) is 4.70. The SMILES string of the molecule is O=C([O-])[C@H]1CCCC[C@H]1C(=O)Nc1nnc(COc2ccc(Cl)cc2)s1. The first-order valence-corrected chi connectivity index (χ1v) is 9.45. The van der Waals surface area contributed by atoms with Crippen LogP contribution in [0.1, 0.15) is 30.7 Å². The summed E-state index contributed by atoms with van der Waals surface area (Å²) in [5, 5.41) is 23.3. The minimum absolute atomic E-state index is 0.209. The zero-order chi connectivity index (χ0) is 18.5. The number of aliphatic carboxylic acids is 1. The summed E-state index contributed by atoms with van der Waals surface area (Å²) in [7, 11) is 0. The molecule has 1 saturated carbocycles. The Morgan fingerprint density at radius 2 is 1.88 bits per heavy atom. The van der Waals surface area contributed by atoms with Crippen molar-refractivity contribution in [3.05, 3.63) is 34.3 Å². The molecule has 2 atom stereocenters. The van der Waals surface area contributed by atoms with Gasteiger partial charge in [0.05, 0.1) is 0 Å². The van der Waals surface area contributed by atoms with Gasteiger partial charge in [-0.25, -0.2) is 0 Å². The van der Waals surface area contributed by atoms with Crippen LogP contribution in [0.3, 0.4) is 0 Å². The Morgan fingerprint density at radius 3 is 2.58 bits per heavy atom. The van der Waals surface area contributed by atoms with Crippen molar-refractivity contribution in [2.45, 2.75) is 32.3 Å². The lowest BCUT2D eigenvalue weighted by Crippen LogP contribution is -2.42. The number of halogens is 1. The van der Waals surface area contributed by atoms with Gasteiger partial charge in [-0.15, -0.1) is 10.2 Å². The number of carboxylic acids is 1. The van der Waals surface area contributed by atoms with Gasteiger partial charge in [-0.1, -0.05) is 35.8 Å². The van der Waals surface area contributed by atoms with Crippen LogP contribution in [0.25, 0.3) is 0 Å². The first-order chi connectivity index (χ1) is 12.5. The van der Waals surface area contributed by atoms with E-state index in [1.165, 1.54) is 11.3 Å². The molecule has 0 radical (unpaired) electrons. The van der Waals surface area contributed by atoms with Gasteiger partial charge < -0.3 is 20.0 Å². The second kappa shape index (κ2) is 8.46. The molecule has 2 aromatic rings. The van der Waals surface area contributed by atoms with Crippen LogP contribution in [-0.4, -0.2) is 22.1 Å². The van der Waals surface area contributed by atoms with Gasteiger partial charge in [0.1, 0.15) is 12.4 Å². The van der Waals surface area contributed by atoms with Gasteiger partial charge in [0.15, 0.2) is 5.01 Å². The number of nitrogens with one attached hydrogen (secondary N) is 1. The summed E-state index contributed by atoms with van der Waals surface area (Å²) in [5.74, 6) is -2.20. The molecule has 1 aromatic carbocycles. The van der Waals surface area contributed by atoms with E-state index in [1.54, 1.807) is 24.3 Å². The predicted molar refractivity (Wildman–Crippen MR) is 94.8 cm³/mol. The molecule has 3 rings (SSSR count). The molecule has 1 aliphatic carbocycles. The predicted octanol–water partition coefficient (Wildman–Crippen LogP) is 2.27. The van der Waals surface area contributed by atoms with Crippen molar-refractivity contribution in [3.63, 3.8) is 0 Å². The maximum absolute atomic E-state index is 12.4. The number of carbonyl (C=O) groups is 2. The number of aromatic nitrogens is 2. The summed E-state index contributed by atoms with van der Waals surface area (Å²) in [5.41, 5.74) is 0. The van der Waals surface area contributed by atoms with Gasteiger partial charge in [0.2, 0.25) is 11.0 Å². The van der Waals surface area contributed by atoms with E-state index in [2.05, 4.69) is 15.5 Å². The Labute approximate surface area is 159 Å². The molecule has 0 saturated heterocycles. The number of nitrogens with zero attached hydrogens (tertiary/aromatic N) is 2. The van der Waals surface area contributed by atoms with Crippen molar-refractivity contribution < 1.29 is 19.4 Å². The highest BCUT2D eigenvalue weighted by atomic mass is 35.5. The number of carbonyl (C=O) groups excluding carboxylic acids is 2. The second-order valence-corrected chi connectivity index (χ2v) is 7.55. The fraction of sp³-hybridized carbons (Fsp3) is 0.412. The topological polar surface area (TPSA) is 104 Å². The monoisotopic (exact) mass is 394 g/mol. The van der Waals surface area contributed by atoms with Crippen LogP contribution in [0, 0.1) is 11.8 Å². The Balaban J connectivity index is 1.56. The van der Waals surface area contributed by atoms with Crippen LogP contribution in [0.5, 0.6) is 5.75 Å². The highest BCUT2D eigenvalue weighted by Crippen LogP contribution is 2.31. The van der Waals surface area contributed by atoms with Crippen molar-refractivity contribution in [2.24, 2.45) is 11.8 Å². The number of ether oxygens (including phenoxy) is 1. The second-order valence-electron chi connectivity index (χ2n) is 6.05. The van der Waals surface area contributed by atoms with Crippen LogP contribution < -0.4 is 15.2 Å². The minimum atomic E-state index is -1.17. The van der Waals surface area contributed by atoms with E-state index >= 15 is 0 Å². The molecule has 26 heavy (non-hydrogen) atoms. The van der Waals surface area contributed by atoms with E-state index in [0.29, 0.717) is 33.8 Å². The molecule has 0 unspecified atom stereocenters. The zero-order valence-electron chi connectivity index (χ0n) is 13.8. The van der Waals surface area contributed by atoms with Crippen molar-refractivity contribution in [2.75, 3.05) is 5.32 Å². The molecule has 1 heterocycles. The summed E-state index contributed by atoms with van der Waals surface area (Å²) >= 11 is 7.01. The van der Waals surface area contributed by atoms with E-state index in [4.69, 9.17) is 16.3 Å². The molecule has 1 aromatic heterocycles. The molecule has 0 aliphatic heterocycles. The quantitative estimate of drug-likeness (QED) is 0.805. The maximum atomic E-state index is 12.4. The van der Waals surface area contributed by atoms with Gasteiger partial charge in [-0.05, 0) is 37.1 Å². The lowest BCUT2D eigenvalue weighted by atomic mass is 9.79. The van der Waals surface area contributed by atoms with E-state index in [0.717, 1.165) is 12.8 Å². The number of anilines is 1. The summed E-state index contributed by atoms with van der Waals surface area (Å²) < 4.78 is 5.58. The van der Waals surface area contributed by atoms with E-state index < -0.39 is 17.8 Å². The van der Waals surface area contributed by atoms with Gasteiger partial charge in [-0.3, -0.25) is 4.79 Å². The molecular formula is C17H17ClN3O4S-. The van der Waals surface area contributed by atoms with Gasteiger partial charge >= 0.3 is 0 Å². The van der Waals surface area contributed by atoms with Crippen molar-refractivity contribution >= 4 is 39.9 Å². The number of amides is 1. The average molecular weight is 395 g/mol. The lowest BCUT2D eigenvalue weighted by molar-refractivity contribution is -0.313. The molecule has 1 aliphatic rings. The molecule has 1 N–H and O–H groups in total. The Kier molecular flexibility index (Phi) is 6.05. The van der Waals surface area contributed by atoms with E-state index in [1.807, 2.05) is 0 Å². The molecule has 0 bridgehead atoms. The third-order valence-corrected chi connectivity index (χ3v) is 5.34. The van der Waals surface area contributed by atoms with Crippen molar-refractivity contribution in [1.82, 2.24) is 10.2 Å². The number of carboxylic acid groups (broad SMARTS) is 1. The first kappa shape index (κ1) is 18.6. The lowest BCUT2D eigenvalue weighted by Gasteiger charge is -2.30. The molecule has 7 nitrogen and oxygen atoms in total. The van der Waals surface area contributed by atoms with Crippen LogP contribution in [0.15, 0.2) is 24.3 Å². The van der Waals surface area contributed by atoms with Gasteiger partial charge in [0.25, 0.3) is 0 Å². The third-order valence-electron chi connectivity index (χ3n) is 4.28. The average Bonchev–Trinajstić information content (AvgIpc) is 3.08. The highest BCUT2D eigenvalue weighted by molar-refractivity contribution is 7.15. The zero-order valence-corrected chi connectivity index (χ0v) is 15.4. The van der Waals surface area contributed by atoms with E-state index in [-0.39, 0.29) is 12.5 Å². The number of hydrogen-bond acceptors (Lipinski definition) is 7. The molecule has 9 heteroatoms. The maximum Gasteiger partial charge on any atom is 0.229 e. The fourth-order valence-electron chi connectivity index (χ4n) is 2.96. The molecule has 0 spiro atoms. The largest absolute Gasteiger partial charge is 0.550 e. The number of benzene rings is 1. The van der Waals surface area contributed by atoms with Crippen LogP contribution in [0.2, 0.25) is 5.02 Å². The minimum Gasteiger partial charge on any atom is -0.550 e. The normalized spacial score (nSPS) is 19.7. The molecule has 138 valence electrons. The molecular weight excluding hydrogens is 378 g/mol. The summed E-state index contributed by atoms with van der Waals surface area (Å²) in [6.07, 6.45) is 2.64. The van der Waals surface area contributed by atoms with E-state index in [9.17, 15) is 14.7 Å². The van der Waals surface area contributed by atoms with Gasteiger partial charge in [-0.2, -0.15) is 0 Å². The van der Waals surface area contributed by atoms with Gasteiger partial charge in [0, 0.05) is 22.8 Å². The Morgan fingerprint density at radius 1 is 1.19 bits per heavy atom. The summed E-state index contributed by atoms with van der Waals surface area (Å²) in [4.78, 5) is 23.6. The Hall–Kier alpha value is -2.19. The molecule has 1 fully saturated rings. The smallest absolute Gasteiger partial charge is 0.229 e. The number of rotatable bonds is 6. The van der Waals surface area contributed by atoms with Crippen LogP contribution in [-0.2, 0) is 16.2 Å². The number of hydrogen-bond donors (Lipinski definition) is 1. The van der Waals surface area contributed by atoms with Crippen LogP contribution in [0.4, 0.5) is 5.13 Å². The highest BCUT2D eigenvalue weighted by Gasteiger charge is 2.32. The van der Waals surface area contributed by atoms with Crippen molar-refractivity contribution in [3.8, 4) is 5.75 Å². The standard InChI is InChI=1S/C17H18ClN3O4S/c18-10-5-7-11(8-6-10)25-9-14-20-21-17(26-14)19-15(22)12-3-1-2-4-13(12)16(23)24/h5-8,12-13H,1-4,9H2,(H,23,24)(H,19,21,22)/p-1/t12-,13+/m1/s1. The Bertz CT molecular complexity index is 781. The fourth-order valence-corrected chi connectivity index (χ4v) is 3.75. The molecule has 1 amide bonds. The van der Waals surface area contributed by atoms with Crippen molar-refractivity contribution in [1.29, 1.82) is 0 Å². The summed E-state index contributed by atoms with van der Waals surface area (Å²) in [6.45, 7) is 0.209. The van der Waals surface area contributed by atoms with Crippen LogP contribution >= 0.6 is 22.9 Å². The summed E-state index contributed by atoms with van der Waals surface area (Å²) in [6, 6.07) is 6.94.